The Bertz CT molecular complexity index is 1080. The fraction of sp³-hybridized carbons (Fsp3) is 0.250. The van der Waals surface area contributed by atoms with Gasteiger partial charge in [0.05, 0.1) is 16.8 Å². The summed E-state index contributed by atoms with van der Waals surface area (Å²) in [4.78, 5) is 43.9. The number of carbonyl (C=O) groups is 3. The van der Waals surface area contributed by atoms with Crippen LogP contribution in [-0.2, 0) is 15.3 Å². The largest absolute Gasteiger partial charge is 0.452 e. The molecule has 1 N–H and O–H groups in total. The van der Waals surface area contributed by atoms with Crippen LogP contribution in [0.3, 0.4) is 0 Å². The second-order valence-corrected chi connectivity index (χ2v) is 8.68. The van der Waals surface area contributed by atoms with Crippen LogP contribution >= 0.6 is 23.1 Å². The molecule has 0 spiro atoms. The molecule has 0 saturated carbocycles. The Labute approximate surface area is 201 Å². The monoisotopic (exact) mass is 483 g/mol. The van der Waals surface area contributed by atoms with Crippen LogP contribution in [-0.4, -0.2) is 47.4 Å². The smallest absolute Gasteiger partial charge is 0.339 e. The van der Waals surface area contributed by atoms with Crippen LogP contribution in [0.25, 0.3) is 0 Å². The highest BCUT2D eigenvalue weighted by Crippen LogP contribution is 2.26. The summed E-state index contributed by atoms with van der Waals surface area (Å²) in [5.41, 5.74) is 4.19. The number of esters is 1. The Morgan fingerprint density at radius 1 is 1.06 bits per heavy atom. The van der Waals surface area contributed by atoms with E-state index in [-0.39, 0.29) is 5.91 Å². The van der Waals surface area contributed by atoms with E-state index in [1.807, 2.05) is 31.4 Å². The number of carbonyl (C=O) groups excluding carboxylic acids is 3. The van der Waals surface area contributed by atoms with Crippen molar-refractivity contribution in [3.63, 3.8) is 0 Å². The molecule has 2 amide bonds. The quantitative estimate of drug-likeness (QED) is 0.332. The number of hydrogen-bond donors (Lipinski definition) is 1. The molecule has 0 fully saturated rings. The molecule has 2 aromatic carbocycles. The molecule has 0 radical (unpaired) electrons. The second-order valence-electron chi connectivity index (χ2n) is 6.94. The minimum absolute atomic E-state index is 0.0573. The first-order valence-electron chi connectivity index (χ1n) is 10.5. The summed E-state index contributed by atoms with van der Waals surface area (Å²) in [7, 11) is 0. The number of nitrogens with one attached hydrogen (secondary N) is 1. The molecule has 7 nitrogen and oxygen atoms in total. The van der Waals surface area contributed by atoms with Gasteiger partial charge in [-0.25, -0.2) is 9.78 Å². The highest BCUT2D eigenvalue weighted by molar-refractivity contribution is 7.98. The van der Waals surface area contributed by atoms with Crippen LogP contribution in [0.15, 0.2) is 64.3 Å². The summed E-state index contributed by atoms with van der Waals surface area (Å²) in [5, 5.41) is 4.64. The Kier molecular flexibility index (Phi) is 9.03. The number of thioether (sulfide) groups is 1. The molecule has 33 heavy (non-hydrogen) atoms. The van der Waals surface area contributed by atoms with Crippen molar-refractivity contribution in [2.45, 2.75) is 24.5 Å². The Morgan fingerprint density at radius 3 is 2.45 bits per heavy atom. The summed E-state index contributed by atoms with van der Waals surface area (Å²) >= 11 is 3.01. The lowest BCUT2D eigenvalue weighted by Gasteiger charge is -2.18. The minimum Gasteiger partial charge on any atom is -0.452 e. The number of thiazole rings is 1. The molecule has 0 atom stereocenters. The summed E-state index contributed by atoms with van der Waals surface area (Å²) in [6.07, 6.45) is 0. The summed E-state index contributed by atoms with van der Waals surface area (Å²) in [6, 6.07) is 13.8. The summed E-state index contributed by atoms with van der Waals surface area (Å²) < 4.78 is 5.22. The zero-order valence-electron chi connectivity index (χ0n) is 18.4. The SMILES string of the molecule is CCN(CC)C(=O)c1ccc(NC(=O)COC(=O)c2ccccc2SCc2cscn2)cc1. The van der Waals surface area contributed by atoms with Crippen LogP contribution in [0.5, 0.6) is 0 Å². The average molecular weight is 484 g/mol. The minimum atomic E-state index is -0.563. The van der Waals surface area contributed by atoms with E-state index in [4.69, 9.17) is 4.74 Å². The first-order chi connectivity index (χ1) is 16.0. The topological polar surface area (TPSA) is 88.6 Å². The fourth-order valence-corrected chi connectivity index (χ4v) is 4.62. The first-order valence-corrected chi connectivity index (χ1v) is 12.4. The van der Waals surface area contributed by atoms with Crippen LogP contribution < -0.4 is 5.32 Å². The molecular weight excluding hydrogens is 458 g/mol. The molecule has 0 aliphatic carbocycles. The van der Waals surface area contributed by atoms with Crippen molar-refractivity contribution in [1.82, 2.24) is 9.88 Å². The van der Waals surface area contributed by atoms with Crippen molar-refractivity contribution in [3.8, 4) is 0 Å². The van der Waals surface area contributed by atoms with Gasteiger partial charge in [0, 0.05) is 40.4 Å². The van der Waals surface area contributed by atoms with Gasteiger partial charge >= 0.3 is 5.97 Å². The van der Waals surface area contributed by atoms with E-state index in [1.165, 1.54) is 23.1 Å². The molecule has 172 valence electrons. The van der Waals surface area contributed by atoms with Gasteiger partial charge in [-0.3, -0.25) is 9.59 Å². The molecule has 1 heterocycles. The third-order valence-electron chi connectivity index (χ3n) is 4.77. The van der Waals surface area contributed by atoms with Gasteiger partial charge in [0.1, 0.15) is 0 Å². The normalized spacial score (nSPS) is 10.5. The molecule has 0 aliphatic rings. The van der Waals surface area contributed by atoms with Crippen LogP contribution in [0, 0.1) is 0 Å². The molecule has 0 unspecified atom stereocenters. The number of amides is 2. The van der Waals surface area contributed by atoms with E-state index in [0.717, 1.165) is 10.6 Å². The number of anilines is 1. The second kappa shape index (κ2) is 12.2. The van der Waals surface area contributed by atoms with Gasteiger partial charge in [-0.2, -0.15) is 0 Å². The van der Waals surface area contributed by atoms with Crippen LogP contribution in [0.4, 0.5) is 5.69 Å². The molecular formula is C24H25N3O4S2. The predicted octanol–water partition coefficient (Wildman–Crippen LogP) is 4.71. The van der Waals surface area contributed by atoms with Gasteiger partial charge in [-0.05, 0) is 50.2 Å². The highest BCUT2D eigenvalue weighted by atomic mass is 32.2. The van der Waals surface area contributed by atoms with Gasteiger partial charge in [0.25, 0.3) is 11.8 Å². The molecule has 0 bridgehead atoms. The number of nitrogens with zero attached hydrogens (tertiary/aromatic N) is 2. The van der Waals surface area contributed by atoms with Crippen molar-refractivity contribution < 1.29 is 19.1 Å². The molecule has 0 saturated heterocycles. The van der Waals surface area contributed by atoms with E-state index >= 15 is 0 Å². The standard InChI is InChI=1S/C24H25N3O4S2/c1-3-27(4-2)23(29)17-9-11-18(12-10-17)26-22(28)13-31-24(30)20-7-5-6-8-21(20)33-15-19-14-32-16-25-19/h5-12,14,16H,3-4,13,15H2,1-2H3,(H,26,28). The van der Waals surface area contributed by atoms with Gasteiger partial charge in [0.15, 0.2) is 6.61 Å². The number of ether oxygens (including phenoxy) is 1. The van der Waals surface area contributed by atoms with E-state index in [9.17, 15) is 14.4 Å². The first kappa shape index (κ1) is 24.5. The van der Waals surface area contributed by atoms with E-state index in [0.29, 0.717) is 35.7 Å². The third kappa shape index (κ3) is 6.90. The van der Waals surface area contributed by atoms with Crippen molar-refractivity contribution in [3.05, 3.63) is 76.2 Å². The lowest BCUT2D eigenvalue weighted by atomic mass is 10.2. The molecule has 3 rings (SSSR count). The Balaban J connectivity index is 1.53. The van der Waals surface area contributed by atoms with E-state index < -0.39 is 18.5 Å². The van der Waals surface area contributed by atoms with Crippen molar-refractivity contribution >= 4 is 46.6 Å². The van der Waals surface area contributed by atoms with E-state index in [1.54, 1.807) is 46.8 Å². The molecule has 3 aromatic rings. The van der Waals surface area contributed by atoms with Crippen molar-refractivity contribution in [1.29, 1.82) is 0 Å². The maximum atomic E-state index is 12.6. The zero-order chi connectivity index (χ0) is 23.6. The Morgan fingerprint density at radius 2 is 1.79 bits per heavy atom. The molecule has 0 aliphatic heterocycles. The number of aromatic nitrogens is 1. The summed E-state index contributed by atoms with van der Waals surface area (Å²) in [6.45, 7) is 4.70. The lowest BCUT2D eigenvalue weighted by molar-refractivity contribution is -0.119. The van der Waals surface area contributed by atoms with E-state index in [2.05, 4.69) is 10.3 Å². The number of benzene rings is 2. The third-order valence-corrected chi connectivity index (χ3v) is 6.51. The maximum absolute atomic E-state index is 12.6. The fourth-order valence-electron chi connectivity index (χ4n) is 3.02. The number of rotatable bonds is 10. The van der Waals surface area contributed by atoms with Gasteiger partial charge in [-0.1, -0.05) is 12.1 Å². The maximum Gasteiger partial charge on any atom is 0.339 e. The lowest BCUT2D eigenvalue weighted by Crippen LogP contribution is -2.30. The van der Waals surface area contributed by atoms with Gasteiger partial charge in [0.2, 0.25) is 0 Å². The predicted molar refractivity (Wildman–Crippen MR) is 131 cm³/mol. The van der Waals surface area contributed by atoms with Gasteiger partial charge in [-0.15, -0.1) is 23.1 Å². The van der Waals surface area contributed by atoms with Gasteiger partial charge < -0.3 is 15.0 Å². The Hall–Kier alpha value is -3.17. The van der Waals surface area contributed by atoms with Crippen LogP contribution in [0.2, 0.25) is 0 Å². The molecule has 1 aromatic heterocycles. The summed E-state index contributed by atoms with van der Waals surface area (Å²) in [5.74, 6) is -0.440. The number of hydrogen-bond acceptors (Lipinski definition) is 7. The van der Waals surface area contributed by atoms with Crippen LogP contribution in [0.1, 0.15) is 40.3 Å². The average Bonchev–Trinajstić information content (AvgIpc) is 3.36. The molecule has 9 heteroatoms. The van der Waals surface area contributed by atoms with Crippen molar-refractivity contribution in [2.24, 2.45) is 0 Å². The highest BCUT2D eigenvalue weighted by Gasteiger charge is 2.16. The zero-order valence-corrected chi connectivity index (χ0v) is 20.1. The van der Waals surface area contributed by atoms with Crippen molar-refractivity contribution in [2.75, 3.05) is 25.0 Å².